The molecule has 0 saturated carbocycles. The highest BCUT2D eigenvalue weighted by Gasteiger charge is 1.96. The summed E-state index contributed by atoms with van der Waals surface area (Å²) in [6, 6.07) is 0. The lowest BCUT2D eigenvalue weighted by molar-refractivity contribution is -0.118. The summed E-state index contributed by atoms with van der Waals surface area (Å²) in [6.07, 6.45) is -0.438. The highest BCUT2D eigenvalue weighted by molar-refractivity contribution is 9.09. The fourth-order valence-electron chi connectivity index (χ4n) is 0.559. The van der Waals surface area contributed by atoms with Crippen LogP contribution in [0.5, 0.6) is 0 Å². The number of carboxylic acid groups (broad SMARTS) is 1. The van der Waals surface area contributed by atoms with Crippen LogP contribution >= 0.6 is 15.9 Å². The molecule has 0 aromatic rings. The van der Waals surface area contributed by atoms with Crippen molar-refractivity contribution in [2.45, 2.75) is 6.42 Å². The first kappa shape index (κ1) is 11.2. The van der Waals surface area contributed by atoms with E-state index in [0.29, 0.717) is 19.5 Å². The Balaban J connectivity index is 3.11. The minimum absolute atomic E-state index is 0.0923. The van der Waals surface area contributed by atoms with Gasteiger partial charge in [-0.1, -0.05) is 15.9 Å². The zero-order valence-electron chi connectivity index (χ0n) is 6.47. The number of hydrogen-bond donors (Lipinski definition) is 3. The smallest absolute Gasteiger partial charge is 0.404 e. The van der Waals surface area contributed by atoms with E-state index in [2.05, 4.69) is 26.6 Å². The Kier molecular flexibility index (Phi) is 6.45. The van der Waals surface area contributed by atoms with Crippen LogP contribution in [0, 0.1) is 0 Å². The van der Waals surface area contributed by atoms with Crippen molar-refractivity contribution in [1.29, 1.82) is 0 Å². The van der Waals surface area contributed by atoms with Gasteiger partial charge in [-0.2, -0.15) is 0 Å². The van der Waals surface area contributed by atoms with E-state index in [-0.39, 0.29) is 11.2 Å². The van der Waals surface area contributed by atoms with E-state index >= 15 is 0 Å². The molecular weight excluding hydrogens is 228 g/mol. The van der Waals surface area contributed by atoms with Crippen molar-refractivity contribution < 1.29 is 14.7 Å². The van der Waals surface area contributed by atoms with E-state index < -0.39 is 6.09 Å². The molecule has 0 aliphatic heterocycles. The van der Waals surface area contributed by atoms with Gasteiger partial charge in [-0.3, -0.25) is 4.79 Å². The molecule has 0 radical (unpaired) electrons. The summed E-state index contributed by atoms with van der Waals surface area (Å²) in [7, 11) is 0. The lowest BCUT2D eigenvalue weighted by Gasteiger charge is -2.02. The van der Waals surface area contributed by atoms with Gasteiger partial charge in [-0.25, -0.2) is 4.79 Å². The van der Waals surface area contributed by atoms with Crippen LogP contribution in [-0.4, -0.2) is 35.5 Å². The van der Waals surface area contributed by atoms with E-state index in [1.165, 1.54) is 0 Å². The maximum Gasteiger partial charge on any atom is 0.404 e. The van der Waals surface area contributed by atoms with Crippen molar-refractivity contribution >= 4 is 27.9 Å². The lowest BCUT2D eigenvalue weighted by Crippen LogP contribution is -2.29. The number of halogens is 1. The zero-order valence-corrected chi connectivity index (χ0v) is 8.06. The Morgan fingerprint density at radius 3 is 2.33 bits per heavy atom. The van der Waals surface area contributed by atoms with Crippen LogP contribution in [0.2, 0.25) is 0 Å². The number of hydrogen-bond acceptors (Lipinski definition) is 2. The Labute approximate surface area is 78.6 Å². The van der Waals surface area contributed by atoms with E-state index in [1.54, 1.807) is 0 Å². The number of carbonyl (C=O) groups excluding carboxylic acids is 1. The summed E-state index contributed by atoms with van der Waals surface area (Å²) < 4.78 is 0. The second kappa shape index (κ2) is 6.90. The molecule has 0 bridgehead atoms. The third kappa shape index (κ3) is 7.33. The molecule has 3 N–H and O–H groups in total. The summed E-state index contributed by atoms with van der Waals surface area (Å²) in [4.78, 5) is 20.6. The van der Waals surface area contributed by atoms with Gasteiger partial charge in [0.25, 0.3) is 0 Å². The quantitative estimate of drug-likeness (QED) is 0.472. The maximum absolute atomic E-state index is 10.6. The second-order valence-electron chi connectivity index (χ2n) is 2.07. The van der Waals surface area contributed by atoms with Crippen molar-refractivity contribution in [3.63, 3.8) is 0 Å². The van der Waals surface area contributed by atoms with Crippen LogP contribution in [0.4, 0.5) is 4.79 Å². The van der Waals surface area contributed by atoms with E-state index in [4.69, 9.17) is 5.11 Å². The average molecular weight is 239 g/mol. The summed E-state index contributed by atoms with van der Waals surface area (Å²) in [5.74, 6) is -0.0923. The first-order valence-corrected chi connectivity index (χ1v) is 4.58. The Hall–Kier alpha value is -0.780. The summed E-state index contributed by atoms with van der Waals surface area (Å²) >= 11 is 2.99. The molecule has 12 heavy (non-hydrogen) atoms. The van der Waals surface area contributed by atoms with Crippen LogP contribution < -0.4 is 10.6 Å². The third-order valence-corrected chi connectivity index (χ3v) is 1.58. The molecule has 0 aliphatic carbocycles. The molecule has 0 aromatic heterocycles. The molecule has 0 aromatic carbocycles. The molecule has 0 saturated heterocycles. The Bertz CT molecular complexity index is 163. The molecule has 5 nitrogen and oxygen atoms in total. The van der Waals surface area contributed by atoms with Gasteiger partial charge >= 0.3 is 6.09 Å². The highest BCUT2D eigenvalue weighted by atomic mass is 79.9. The van der Waals surface area contributed by atoms with Crippen LogP contribution in [0.3, 0.4) is 0 Å². The predicted octanol–water partition coefficient (Wildman–Crippen LogP) is 0.155. The molecule has 0 aliphatic rings. The largest absolute Gasteiger partial charge is 0.465 e. The van der Waals surface area contributed by atoms with Gasteiger partial charge in [0.1, 0.15) is 0 Å². The number of alkyl halides is 1. The standard InChI is InChI=1S/C6H11BrN2O3/c7-4-5(10)8-2-1-3-9-6(11)12/h9H,1-4H2,(H,8,10)(H,11,12). The molecule has 0 unspecified atom stereocenters. The molecule has 0 heterocycles. The molecule has 0 fully saturated rings. The normalized spacial score (nSPS) is 9.08. The second-order valence-corrected chi connectivity index (χ2v) is 2.63. The molecule has 0 rings (SSSR count). The Morgan fingerprint density at radius 1 is 1.25 bits per heavy atom. The lowest BCUT2D eigenvalue weighted by atomic mass is 10.4. The van der Waals surface area contributed by atoms with Gasteiger partial charge in [0.2, 0.25) is 5.91 Å². The van der Waals surface area contributed by atoms with Gasteiger partial charge in [-0.15, -0.1) is 0 Å². The molecular formula is C6H11BrN2O3. The molecule has 2 amide bonds. The first-order chi connectivity index (χ1) is 5.66. The molecule has 70 valence electrons. The maximum atomic E-state index is 10.6. The van der Waals surface area contributed by atoms with E-state index in [1.807, 2.05) is 0 Å². The predicted molar refractivity (Wildman–Crippen MR) is 47.4 cm³/mol. The van der Waals surface area contributed by atoms with Crippen molar-refractivity contribution in [3.05, 3.63) is 0 Å². The summed E-state index contributed by atoms with van der Waals surface area (Å²) in [6.45, 7) is 0.850. The van der Waals surface area contributed by atoms with Crippen LogP contribution in [0.15, 0.2) is 0 Å². The minimum Gasteiger partial charge on any atom is -0.465 e. The fraction of sp³-hybridized carbons (Fsp3) is 0.667. The van der Waals surface area contributed by atoms with Crippen LogP contribution in [-0.2, 0) is 4.79 Å². The van der Waals surface area contributed by atoms with E-state index in [9.17, 15) is 9.59 Å². The summed E-state index contributed by atoms with van der Waals surface area (Å²) in [5, 5.41) is 13.2. The summed E-state index contributed by atoms with van der Waals surface area (Å²) in [5.41, 5.74) is 0. The monoisotopic (exact) mass is 238 g/mol. The van der Waals surface area contributed by atoms with E-state index in [0.717, 1.165) is 0 Å². The SMILES string of the molecule is O=C(O)NCCCNC(=O)CBr. The van der Waals surface area contributed by atoms with Crippen molar-refractivity contribution in [3.8, 4) is 0 Å². The van der Waals surface area contributed by atoms with Gasteiger partial charge in [0, 0.05) is 13.1 Å². The number of amides is 2. The van der Waals surface area contributed by atoms with Crippen molar-refractivity contribution in [2.24, 2.45) is 0 Å². The van der Waals surface area contributed by atoms with Gasteiger partial charge in [0.05, 0.1) is 5.33 Å². The zero-order chi connectivity index (χ0) is 9.40. The van der Waals surface area contributed by atoms with Gasteiger partial charge < -0.3 is 15.7 Å². The van der Waals surface area contributed by atoms with Gasteiger partial charge in [-0.05, 0) is 6.42 Å². The van der Waals surface area contributed by atoms with Crippen LogP contribution in [0.1, 0.15) is 6.42 Å². The third-order valence-electron chi connectivity index (χ3n) is 1.07. The first-order valence-electron chi connectivity index (χ1n) is 3.46. The van der Waals surface area contributed by atoms with Crippen molar-refractivity contribution in [1.82, 2.24) is 10.6 Å². The molecule has 0 atom stereocenters. The molecule has 0 spiro atoms. The fourth-order valence-corrected chi connectivity index (χ4v) is 0.757. The number of rotatable bonds is 5. The minimum atomic E-state index is -1.04. The van der Waals surface area contributed by atoms with Crippen LogP contribution in [0.25, 0.3) is 0 Å². The molecule has 6 heteroatoms. The number of nitrogens with one attached hydrogen (secondary N) is 2. The average Bonchev–Trinajstić information content (AvgIpc) is 2.03. The Morgan fingerprint density at radius 2 is 1.83 bits per heavy atom. The highest BCUT2D eigenvalue weighted by Crippen LogP contribution is 1.79. The number of carbonyl (C=O) groups is 2. The van der Waals surface area contributed by atoms with Crippen molar-refractivity contribution in [2.75, 3.05) is 18.4 Å². The van der Waals surface area contributed by atoms with Gasteiger partial charge in [0.15, 0.2) is 0 Å². The topological polar surface area (TPSA) is 78.4 Å².